The van der Waals surface area contributed by atoms with Crippen LogP contribution in [-0.2, 0) is 12.8 Å². The molecule has 1 aliphatic heterocycles. The minimum Gasteiger partial charge on any atom is -0.399 e. The highest BCUT2D eigenvalue weighted by atomic mass is 14.9. The number of hydrogen-bond acceptors (Lipinski definition) is 7. The Bertz CT molecular complexity index is 1580. The van der Waals surface area contributed by atoms with Crippen molar-refractivity contribution in [1.82, 2.24) is 9.97 Å². The molecular weight excluding hydrogens is 542 g/mol. The van der Waals surface area contributed by atoms with E-state index in [9.17, 15) is 0 Å². The summed E-state index contributed by atoms with van der Waals surface area (Å²) in [7, 11) is 0. The fourth-order valence-electron chi connectivity index (χ4n) is 5.23. The maximum atomic E-state index is 5.94. The van der Waals surface area contributed by atoms with Gasteiger partial charge in [-0.2, -0.15) is 0 Å². The van der Waals surface area contributed by atoms with Crippen LogP contribution in [0.25, 0.3) is 0 Å². The predicted molar refractivity (Wildman–Crippen MR) is 184 cm³/mol. The summed E-state index contributed by atoms with van der Waals surface area (Å²) in [5.74, 6) is 0. The van der Waals surface area contributed by atoms with Crippen molar-refractivity contribution in [2.75, 3.05) is 18.8 Å². The van der Waals surface area contributed by atoms with Gasteiger partial charge in [-0.25, -0.2) is 9.97 Å². The van der Waals surface area contributed by atoms with Crippen LogP contribution >= 0.6 is 0 Å². The van der Waals surface area contributed by atoms with Crippen molar-refractivity contribution >= 4 is 28.5 Å². The lowest BCUT2D eigenvalue weighted by Crippen LogP contribution is -2.19. The number of aromatic nitrogens is 2. The summed E-state index contributed by atoms with van der Waals surface area (Å²) in [5, 5.41) is 0. The third-order valence-electron chi connectivity index (χ3n) is 7.85. The minimum absolute atomic E-state index is 0.0488. The highest BCUT2D eigenvalue weighted by Crippen LogP contribution is 2.15. The summed E-state index contributed by atoms with van der Waals surface area (Å²) < 4.78 is 0. The van der Waals surface area contributed by atoms with Gasteiger partial charge >= 0.3 is 0 Å². The lowest BCUT2D eigenvalue weighted by molar-refractivity contribution is 0.680. The molecule has 2 N–H and O–H groups in total. The normalized spacial score (nSPS) is 22.6. The van der Waals surface area contributed by atoms with Crippen molar-refractivity contribution in [1.29, 1.82) is 0 Å². The van der Waals surface area contributed by atoms with Crippen LogP contribution in [0.5, 0.6) is 0 Å². The first-order valence-electron chi connectivity index (χ1n) is 15.2. The third-order valence-corrected chi connectivity index (χ3v) is 7.85. The van der Waals surface area contributed by atoms with Gasteiger partial charge in [0, 0.05) is 5.69 Å². The number of pyridine rings is 2. The van der Waals surface area contributed by atoms with Crippen LogP contribution in [0.1, 0.15) is 67.2 Å². The van der Waals surface area contributed by atoms with E-state index in [0.717, 1.165) is 69.7 Å². The molecule has 0 aliphatic carbocycles. The maximum absolute atomic E-state index is 5.94. The monoisotopic (exact) mass is 583 g/mol. The van der Waals surface area contributed by atoms with Crippen molar-refractivity contribution in [3.63, 3.8) is 0 Å². The second-order valence-electron chi connectivity index (χ2n) is 11.5. The quantitative estimate of drug-likeness (QED) is 0.276. The van der Waals surface area contributed by atoms with Gasteiger partial charge in [-0.05, 0) is 95.0 Å². The van der Waals surface area contributed by atoms with Gasteiger partial charge < -0.3 is 5.73 Å². The van der Waals surface area contributed by atoms with Crippen molar-refractivity contribution < 1.29 is 0 Å². The lowest BCUT2D eigenvalue weighted by Gasteiger charge is -2.15. The Balaban J connectivity index is 1.55. The molecule has 44 heavy (non-hydrogen) atoms. The molecule has 0 saturated heterocycles. The zero-order valence-corrected chi connectivity index (χ0v) is 26.3. The molecule has 1 aliphatic rings. The van der Waals surface area contributed by atoms with Crippen LogP contribution in [0.3, 0.4) is 0 Å². The first-order chi connectivity index (χ1) is 21.2. The molecule has 7 nitrogen and oxygen atoms in total. The standard InChI is InChI=1S/C37H41N7/c1-24-12-14-29(15-13-24)20-32-22-39-25(2)34-8-7-11-37(44-34)28(5)42-33(21-30-16-18-31(38)19-17-30)23-40-26(3)35-9-6-10-36(43-35)27(4)41-32/h6-19,32-33H,20-23,38H2,1-5H3/b39-25+,40-26+,41-27+,42-28+/t32-,33-/m0/s1. The summed E-state index contributed by atoms with van der Waals surface area (Å²) >= 11 is 0. The maximum Gasteiger partial charge on any atom is 0.0845 e. The van der Waals surface area contributed by atoms with Crippen molar-refractivity contribution in [3.05, 3.63) is 124 Å². The molecule has 2 atom stereocenters. The summed E-state index contributed by atoms with van der Waals surface area (Å²) in [6.07, 6.45) is 1.51. The summed E-state index contributed by atoms with van der Waals surface area (Å²) in [6, 6.07) is 28.6. The van der Waals surface area contributed by atoms with Gasteiger partial charge in [0.25, 0.3) is 0 Å². The molecule has 0 fully saturated rings. The molecule has 0 saturated carbocycles. The number of nitrogens with zero attached hydrogens (tertiary/aromatic N) is 6. The number of hydrogen-bond donors (Lipinski definition) is 1. The van der Waals surface area contributed by atoms with Crippen LogP contribution in [-0.4, -0.2) is 58.0 Å². The van der Waals surface area contributed by atoms with Crippen LogP contribution in [0.2, 0.25) is 0 Å². The molecule has 4 bridgehead atoms. The average Bonchev–Trinajstić information content (AvgIpc) is 3.04. The number of aryl methyl sites for hydroxylation is 1. The number of nitrogens with two attached hydrogens (primary N) is 1. The smallest absolute Gasteiger partial charge is 0.0845 e. The average molecular weight is 584 g/mol. The molecule has 0 spiro atoms. The molecule has 2 aromatic carbocycles. The van der Waals surface area contributed by atoms with E-state index in [1.165, 1.54) is 11.1 Å². The molecule has 0 radical (unpaired) electrons. The van der Waals surface area contributed by atoms with E-state index in [2.05, 4.69) is 43.3 Å². The number of nitrogen functional groups attached to an aromatic ring is 1. The number of fused-ring (bicyclic) bond motifs is 4. The minimum atomic E-state index is -0.0818. The number of aliphatic imine (C=N–C) groups is 4. The van der Waals surface area contributed by atoms with E-state index in [-0.39, 0.29) is 12.1 Å². The fourth-order valence-corrected chi connectivity index (χ4v) is 5.23. The van der Waals surface area contributed by atoms with Gasteiger partial charge in [0.2, 0.25) is 0 Å². The Kier molecular flexibility index (Phi) is 9.85. The SMILES string of the molecule is C/C1=N\C[C@H](Cc2ccc(N)cc2)/N=C(\C)c2cccc(n2)/C(C)=N/C[C@H](Cc2ccc(C)cc2)/N=C(\C)c2cccc1n2. The van der Waals surface area contributed by atoms with Crippen LogP contribution in [0, 0.1) is 6.92 Å². The number of rotatable bonds is 4. The van der Waals surface area contributed by atoms with E-state index < -0.39 is 0 Å². The van der Waals surface area contributed by atoms with Gasteiger partial charge in [0.1, 0.15) is 0 Å². The van der Waals surface area contributed by atoms with E-state index in [1.807, 2.05) is 76.2 Å². The lowest BCUT2D eigenvalue weighted by atomic mass is 10.0. The van der Waals surface area contributed by atoms with Gasteiger partial charge in [-0.15, -0.1) is 0 Å². The summed E-state index contributed by atoms with van der Waals surface area (Å²) in [6.45, 7) is 11.2. The molecule has 3 heterocycles. The Morgan fingerprint density at radius 1 is 0.523 bits per heavy atom. The number of benzene rings is 2. The molecular formula is C37H41N7. The van der Waals surface area contributed by atoms with Crippen molar-refractivity contribution in [2.45, 2.75) is 59.5 Å². The molecule has 224 valence electrons. The predicted octanol–water partition coefficient (Wildman–Crippen LogP) is 6.54. The summed E-state index contributed by atoms with van der Waals surface area (Å²) in [5.41, 5.74) is 17.2. The first kappa shape index (κ1) is 30.7. The molecule has 2 aromatic heterocycles. The van der Waals surface area contributed by atoms with E-state index in [4.69, 9.17) is 35.7 Å². The van der Waals surface area contributed by atoms with Crippen molar-refractivity contribution in [2.24, 2.45) is 20.0 Å². The number of anilines is 1. The van der Waals surface area contributed by atoms with Gasteiger partial charge in [0.15, 0.2) is 0 Å². The van der Waals surface area contributed by atoms with E-state index >= 15 is 0 Å². The Labute approximate surface area is 260 Å². The topological polar surface area (TPSA) is 101 Å². The van der Waals surface area contributed by atoms with Gasteiger partial charge in [0.05, 0.1) is 70.8 Å². The van der Waals surface area contributed by atoms with Crippen LogP contribution in [0.15, 0.2) is 105 Å². The molecule has 7 heteroatoms. The first-order valence-corrected chi connectivity index (χ1v) is 15.2. The molecule has 0 amide bonds. The Morgan fingerprint density at radius 3 is 1.34 bits per heavy atom. The van der Waals surface area contributed by atoms with Crippen molar-refractivity contribution in [3.8, 4) is 0 Å². The summed E-state index contributed by atoms with van der Waals surface area (Å²) in [4.78, 5) is 30.2. The van der Waals surface area contributed by atoms with Crippen LogP contribution < -0.4 is 5.73 Å². The van der Waals surface area contributed by atoms with Gasteiger partial charge in [-0.1, -0.05) is 54.1 Å². The largest absolute Gasteiger partial charge is 0.399 e. The van der Waals surface area contributed by atoms with Crippen LogP contribution in [0.4, 0.5) is 5.69 Å². The molecule has 4 aromatic rings. The second kappa shape index (κ2) is 14.1. The highest BCUT2D eigenvalue weighted by Gasteiger charge is 2.15. The third kappa shape index (κ3) is 8.19. The van der Waals surface area contributed by atoms with Gasteiger partial charge in [-0.3, -0.25) is 20.0 Å². The highest BCUT2D eigenvalue weighted by molar-refractivity contribution is 6.02. The van der Waals surface area contributed by atoms with E-state index in [1.54, 1.807) is 0 Å². The fraction of sp³-hybridized carbons (Fsp3) is 0.297. The zero-order chi connectivity index (χ0) is 31.1. The zero-order valence-electron chi connectivity index (χ0n) is 26.3. The Hall–Kier alpha value is -4.78. The second-order valence-corrected chi connectivity index (χ2v) is 11.5. The van der Waals surface area contributed by atoms with E-state index in [0.29, 0.717) is 13.1 Å². The molecule has 0 unspecified atom stereocenters. The molecule has 5 rings (SSSR count). The Morgan fingerprint density at radius 2 is 0.909 bits per heavy atom.